The average molecular weight is 266 g/mol. The molecule has 1 heterocycles. The van der Waals surface area contributed by atoms with Crippen LogP contribution in [0, 0.1) is 17.8 Å². The minimum absolute atomic E-state index is 0.0752. The van der Waals surface area contributed by atoms with Gasteiger partial charge in [0.1, 0.15) is 6.10 Å². The van der Waals surface area contributed by atoms with Crippen molar-refractivity contribution in [2.45, 2.75) is 63.7 Å². The van der Waals surface area contributed by atoms with E-state index in [1.54, 1.807) is 0 Å². The van der Waals surface area contributed by atoms with Crippen LogP contribution in [0.25, 0.3) is 0 Å². The van der Waals surface area contributed by atoms with Gasteiger partial charge in [0.05, 0.1) is 6.10 Å². The smallest absolute Gasteiger partial charge is 0.249 e. The number of hydrogen-bond acceptors (Lipinski definition) is 3. The molecule has 4 nitrogen and oxygen atoms in total. The summed E-state index contributed by atoms with van der Waals surface area (Å²) in [6, 6.07) is 0.295. The van der Waals surface area contributed by atoms with Gasteiger partial charge in [-0.1, -0.05) is 6.42 Å². The number of nitrogens with one attached hydrogen (secondary N) is 1. The van der Waals surface area contributed by atoms with Gasteiger partial charge in [-0.15, -0.1) is 0 Å². The lowest BCUT2D eigenvalue weighted by atomic mass is 9.84. The topological polar surface area (TPSA) is 64.4 Å². The van der Waals surface area contributed by atoms with Gasteiger partial charge in [0.2, 0.25) is 5.91 Å². The molecule has 3 rings (SSSR count). The van der Waals surface area contributed by atoms with E-state index < -0.39 is 0 Å². The Morgan fingerprint density at radius 3 is 2.74 bits per heavy atom. The van der Waals surface area contributed by atoms with E-state index in [-0.39, 0.29) is 18.1 Å². The van der Waals surface area contributed by atoms with Crippen molar-refractivity contribution in [3.8, 4) is 0 Å². The third kappa shape index (κ3) is 2.65. The normalized spacial score (nSPS) is 42.5. The van der Waals surface area contributed by atoms with E-state index in [1.165, 1.54) is 25.7 Å². The van der Waals surface area contributed by atoms with Gasteiger partial charge >= 0.3 is 0 Å². The van der Waals surface area contributed by atoms with Gasteiger partial charge in [0.25, 0.3) is 0 Å². The third-order valence-corrected chi connectivity index (χ3v) is 5.47. The molecular weight excluding hydrogens is 240 g/mol. The predicted octanol–water partition coefficient (Wildman–Crippen LogP) is 1.43. The number of nitrogens with two attached hydrogens (primary N) is 1. The van der Waals surface area contributed by atoms with Gasteiger partial charge < -0.3 is 15.8 Å². The van der Waals surface area contributed by atoms with Crippen molar-refractivity contribution in [3.63, 3.8) is 0 Å². The average Bonchev–Trinajstić information content (AvgIpc) is 3.13. The highest BCUT2D eigenvalue weighted by Gasteiger charge is 2.42. The monoisotopic (exact) mass is 266 g/mol. The van der Waals surface area contributed by atoms with Crippen LogP contribution in [0.1, 0.15) is 45.4 Å². The Balaban J connectivity index is 1.49. The SMILES string of the molecule is CC(NC(=O)C1CCC(CN)O1)C1CC2CCC1C2. The summed E-state index contributed by atoms with van der Waals surface area (Å²) < 4.78 is 5.66. The molecule has 0 aromatic heterocycles. The summed E-state index contributed by atoms with van der Waals surface area (Å²) in [7, 11) is 0. The summed E-state index contributed by atoms with van der Waals surface area (Å²) in [6.45, 7) is 2.68. The van der Waals surface area contributed by atoms with Gasteiger partial charge in [-0.2, -0.15) is 0 Å². The van der Waals surface area contributed by atoms with E-state index in [0.717, 1.165) is 24.7 Å². The van der Waals surface area contributed by atoms with Crippen LogP contribution in [0.3, 0.4) is 0 Å². The summed E-state index contributed by atoms with van der Waals surface area (Å²) in [4.78, 5) is 12.2. The van der Waals surface area contributed by atoms with Crippen LogP contribution in [0.15, 0.2) is 0 Å². The standard InChI is InChI=1S/C15H26N2O2/c1-9(13-7-10-2-3-11(13)6-10)17-15(18)14-5-4-12(8-16)19-14/h9-14H,2-8,16H2,1H3,(H,17,18). The first-order valence-electron chi connectivity index (χ1n) is 7.83. The Labute approximate surface area is 115 Å². The summed E-state index contributed by atoms with van der Waals surface area (Å²) in [5.41, 5.74) is 5.58. The van der Waals surface area contributed by atoms with E-state index in [9.17, 15) is 4.79 Å². The van der Waals surface area contributed by atoms with Crippen LogP contribution >= 0.6 is 0 Å². The van der Waals surface area contributed by atoms with Crippen LogP contribution in [-0.2, 0) is 9.53 Å². The summed E-state index contributed by atoms with van der Waals surface area (Å²) in [5, 5.41) is 3.19. The third-order valence-electron chi connectivity index (χ3n) is 5.47. The molecule has 2 aliphatic carbocycles. The molecule has 1 aliphatic heterocycles. The molecule has 1 saturated heterocycles. The zero-order valence-electron chi connectivity index (χ0n) is 11.8. The molecule has 0 aromatic rings. The van der Waals surface area contributed by atoms with Crippen LogP contribution in [0.5, 0.6) is 0 Å². The fourth-order valence-corrected chi connectivity index (χ4v) is 4.40. The lowest BCUT2D eigenvalue weighted by molar-refractivity contribution is -0.133. The Bertz CT molecular complexity index is 347. The molecule has 3 aliphatic rings. The van der Waals surface area contributed by atoms with Gasteiger partial charge in [-0.3, -0.25) is 4.79 Å². The number of carbonyl (C=O) groups excluding carboxylic acids is 1. The van der Waals surface area contributed by atoms with Crippen LogP contribution in [0.2, 0.25) is 0 Å². The van der Waals surface area contributed by atoms with Crippen molar-refractivity contribution in [1.82, 2.24) is 5.32 Å². The Morgan fingerprint density at radius 1 is 1.32 bits per heavy atom. The molecule has 6 atom stereocenters. The number of rotatable bonds is 4. The van der Waals surface area contributed by atoms with Crippen LogP contribution in [0.4, 0.5) is 0 Å². The van der Waals surface area contributed by atoms with E-state index >= 15 is 0 Å². The summed E-state index contributed by atoms with van der Waals surface area (Å²) in [5.74, 6) is 2.54. The molecule has 1 amide bonds. The zero-order chi connectivity index (χ0) is 13.4. The van der Waals surface area contributed by atoms with E-state index in [1.807, 2.05) is 0 Å². The van der Waals surface area contributed by atoms with Gasteiger partial charge in [0, 0.05) is 12.6 Å². The Hall–Kier alpha value is -0.610. The predicted molar refractivity (Wildman–Crippen MR) is 73.5 cm³/mol. The maximum absolute atomic E-state index is 12.2. The van der Waals surface area contributed by atoms with E-state index in [0.29, 0.717) is 18.5 Å². The molecule has 3 fully saturated rings. The maximum Gasteiger partial charge on any atom is 0.249 e. The second kappa shape index (κ2) is 5.41. The number of carbonyl (C=O) groups is 1. The lowest BCUT2D eigenvalue weighted by Crippen LogP contribution is -2.45. The van der Waals surface area contributed by atoms with Crippen LogP contribution in [-0.4, -0.2) is 30.7 Å². The van der Waals surface area contributed by atoms with Crippen LogP contribution < -0.4 is 11.1 Å². The van der Waals surface area contributed by atoms with E-state index in [4.69, 9.17) is 10.5 Å². The molecule has 2 saturated carbocycles. The molecule has 0 spiro atoms. The second-order valence-corrected chi connectivity index (χ2v) is 6.70. The number of fused-ring (bicyclic) bond motifs is 2. The Kier molecular flexibility index (Phi) is 3.81. The fraction of sp³-hybridized carbons (Fsp3) is 0.933. The van der Waals surface area contributed by atoms with Crippen molar-refractivity contribution in [1.29, 1.82) is 0 Å². The molecule has 4 heteroatoms. The van der Waals surface area contributed by atoms with Crippen molar-refractivity contribution in [2.24, 2.45) is 23.5 Å². The largest absolute Gasteiger partial charge is 0.364 e. The molecule has 3 N–H and O–H groups in total. The first-order valence-corrected chi connectivity index (χ1v) is 7.83. The molecule has 2 bridgehead atoms. The quantitative estimate of drug-likeness (QED) is 0.809. The fourth-order valence-electron chi connectivity index (χ4n) is 4.40. The van der Waals surface area contributed by atoms with Crippen molar-refractivity contribution < 1.29 is 9.53 Å². The first kappa shape index (κ1) is 13.4. The number of hydrogen-bond donors (Lipinski definition) is 2. The summed E-state index contributed by atoms with van der Waals surface area (Å²) >= 11 is 0. The van der Waals surface area contributed by atoms with Crippen molar-refractivity contribution in [2.75, 3.05) is 6.54 Å². The first-order chi connectivity index (χ1) is 9.17. The highest BCUT2D eigenvalue weighted by atomic mass is 16.5. The lowest BCUT2D eigenvalue weighted by Gasteiger charge is -2.29. The van der Waals surface area contributed by atoms with Crippen molar-refractivity contribution in [3.05, 3.63) is 0 Å². The van der Waals surface area contributed by atoms with Crippen molar-refractivity contribution >= 4 is 5.91 Å². The second-order valence-electron chi connectivity index (χ2n) is 6.70. The Morgan fingerprint density at radius 2 is 2.16 bits per heavy atom. The minimum Gasteiger partial charge on any atom is -0.364 e. The molecule has 0 aromatic carbocycles. The maximum atomic E-state index is 12.2. The molecule has 6 unspecified atom stereocenters. The number of amides is 1. The highest BCUT2D eigenvalue weighted by molar-refractivity contribution is 5.81. The molecule has 0 radical (unpaired) electrons. The van der Waals surface area contributed by atoms with Gasteiger partial charge in [-0.05, 0) is 56.8 Å². The zero-order valence-corrected chi connectivity index (χ0v) is 11.8. The number of ether oxygens (including phenoxy) is 1. The highest BCUT2D eigenvalue weighted by Crippen LogP contribution is 2.49. The van der Waals surface area contributed by atoms with Gasteiger partial charge in [0.15, 0.2) is 0 Å². The molecular formula is C15H26N2O2. The van der Waals surface area contributed by atoms with Gasteiger partial charge in [-0.25, -0.2) is 0 Å². The van der Waals surface area contributed by atoms with E-state index in [2.05, 4.69) is 12.2 Å². The minimum atomic E-state index is -0.269. The summed E-state index contributed by atoms with van der Waals surface area (Å²) in [6.07, 6.45) is 7.01. The molecule has 19 heavy (non-hydrogen) atoms. The molecule has 108 valence electrons.